The van der Waals surface area contributed by atoms with E-state index in [1.54, 1.807) is 0 Å². The lowest BCUT2D eigenvalue weighted by molar-refractivity contribution is -0.121. The van der Waals surface area contributed by atoms with E-state index in [1.165, 1.54) is 0 Å². The molecule has 0 N–H and O–H groups in total. The van der Waals surface area contributed by atoms with Gasteiger partial charge in [-0.05, 0) is 61.2 Å². The summed E-state index contributed by atoms with van der Waals surface area (Å²) < 4.78 is 0.991. The molecule has 0 bridgehead atoms. The van der Waals surface area contributed by atoms with Gasteiger partial charge in [0.25, 0.3) is 0 Å². The number of nitrogens with zero attached hydrogens (tertiary/aromatic N) is 3. The standard InChI is InChI=1S/C17H21Br2N3O/c1-16(15(23)11-18,13-4-2-5-14(19)10-13)6-3-7-17(8-9-17)12-21-22-20/h2,4-5,10H,3,6-9,11-12H2,1H3. The van der Waals surface area contributed by atoms with Gasteiger partial charge in [-0.3, -0.25) is 4.79 Å². The van der Waals surface area contributed by atoms with Crippen molar-refractivity contribution in [2.45, 2.75) is 44.4 Å². The molecule has 124 valence electrons. The Labute approximate surface area is 153 Å². The van der Waals surface area contributed by atoms with Gasteiger partial charge in [0.2, 0.25) is 0 Å². The Morgan fingerprint density at radius 1 is 1.48 bits per heavy atom. The molecule has 0 radical (unpaired) electrons. The molecule has 4 nitrogen and oxygen atoms in total. The molecule has 1 unspecified atom stereocenters. The second-order valence-corrected chi connectivity index (χ2v) is 8.12. The maximum atomic E-state index is 12.6. The van der Waals surface area contributed by atoms with Crippen LogP contribution in [0.1, 0.15) is 44.6 Å². The SMILES string of the molecule is CC(CCCC1(CN=[N+]=[N-])CC1)(C(=O)CBr)c1cccc(Br)c1. The summed E-state index contributed by atoms with van der Waals surface area (Å²) in [5.74, 6) is 0.204. The predicted octanol–water partition coefficient (Wildman–Crippen LogP) is 5.93. The van der Waals surface area contributed by atoms with Crippen molar-refractivity contribution in [1.29, 1.82) is 0 Å². The topological polar surface area (TPSA) is 65.8 Å². The molecule has 1 fully saturated rings. The zero-order valence-electron chi connectivity index (χ0n) is 13.3. The normalized spacial score (nSPS) is 17.9. The number of azide groups is 1. The van der Waals surface area contributed by atoms with Crippen molar-refractivity contribution >= 4 is 37.6 Å². The molecule has 1 saturated carbocycles. The van der Waals surface area contributed by atoms with Gasteiger partial charge in [-0.15, -0.1) is 0 Å². The first-order valence-electron chi connectivity index (χ1n) is 7.82. The summed E-state index contributed by atoms with van der Waals surface area (Å²) in [6.45, 7) is 2.62. The van der Waals surface area contributed by atoms with Crippen molar-refractivity contribution in [1.82, 2.24) is 0 Å². The Kier molecular flexibility index (Phi) is 6.29. The average Bonchev–Trinajstić information content (AvgIpc) is 3.32. The van der Waals surface area contributed by atoms with Gasteiger partial charge >= 0.3 is 0 Å². The quantitative estimate of drug-likeness (QED) is 0.202. The number of benzene rings is 1. The van der Waals surface area contributed by atoms with E-state index in [4.69, 9.17) is 5.53 Å². The van der Waals surface area contributed by atoms with Crippen LogP contribution >= 0.6 is 31.9 Å². The highest BCUT2D eigenvalue weighted by atomic mass is 79.9. The lowest BCUT2D eigenvalue weighted by Gasteiger charge is -2.29. The Morgan fingerprint density at radius 3 is 2.78 bits per heavy atom. The van der Waals surface area contributed by atoms with Gasteiger partial charge in [-0.1, -0.05) is 55.5 Å². The maximum absolute atomic E-state index is 12.6. The first kappa shape index (κ1) is 18.5. The number of rotatable bonds is 9. The van der Waals surface area contributed by atoms with Crippen LogP contribution in [0.4, 0.5) is 0 Å². The minimum absolute atomic E-state index is 0.196. The van der Waals surface area contributed by atoms with Crippen molar-refractivity contribution < 1.29 is 4.79 Å². The summed E-state index contributed by atoms with van der Waals surface area (Å²) in [6.07, 6.45) is 5.05. The van der Waals surface area contributed by atoms with Crippen molar-refractivity contribution in [3.05, 3.63) is 44.7 Å². The number of halogens is 2. The fourth-order valence-corrected chi connectivity index (χ4v) is 4.10. The lowest BCUT2D eigenvalue weighted by Crippen LogP contribution is -2.34. The van der Waals surface area contributed by atoms with E-state index in [0.29, 0.717) is 11.9 Å². The molecule has 0 spiro atoms. The van der Waals surface area contributed by atoms with Crippen LogP contribution in [0.5, 0.6) is 0 Å². The predicted molar refractivity (Wildman–Crippen MR) is 99.8 cm³/mol. The van der Waals surface area contributed by atoms with E-state index in [1.807, 2.05) is 31.2 Å². The fourth-order valence-electron chi connectivity index (χ4n) is 3.09. The van der Waals surface area contributed by atoms with Gasteiger partial charge < -0.3 is 0 Å². The van der Waals surface area contributed by atoms with Crippen molar-refractivity contribution in [2.24, 2.45) is 10.5 Å². The van der Waals surface area contributed by atoms with Crippen LogP contribution in [0.15, 0.2) is 33.9 Å². The van der Waals surface area contributed by atoms with Crippen LogP contribution in [0.3, 0.4) is 0 Å². The number of carbonyl (C=O) groups excluding carboxylic acids is 1. The van der Waals surface area contributed by atoms with Crippen LogP contribution in [0.2, 0.25) is 0 Å². The monoisotopic (exact) mass is 441 g/mol. The van der Waals surface area contributed by atoms with Crippen LogP contribution in [-0.4, -0.2) is 17.7 Å². The second kappa shape index (κ2) is 7.82. The van der Waals surface area contributed by atoms with Gasteiger partial charge in [-0.2, -0.15) is 0 Å². The molecule has 2 rings (SSSR count). The summed E-state index contributed by atoms with van der Waals surface area (Å²) in [5, 5.41) is 4.10. The van der Waals surface area contributed by atoms with Crippen LogP contribution in [-0.2, 0) is 10.2 Å². The zero-order chi connectivity index (χ0) is 16.9. The van der Waals surface area contributed by atoms with Gasteiger partial charge in [0.15, 0.2) is 5.78 Å². The number of hydrogen-bond donors (Lipinski definition) is 0. The highest BCUT2D eigenvalue weighted by molar-refractivity contribution is 9.10. The molecule has 0 saturated heterocycles. The average molecular weight is 443 g/mol. The zero-order valence-corrected chi connectivity index (χ0v) is 16.4. The smallest absolute Gasteiger partial charge is 0.153 e. The first-order valence-corrected chi connectivity index (χ1v) is 9.73. The van der Waals surface area contributed by atoms with E-state index < -0.39 is 5.41 Å². The largest absolute Gasteiger partial charge is 0.298 e. The summed E-state index contributed by atoms with van der Waals surface area (Å²) in [7, 11) is 0. The Balaban J connectivity index is 2.07. The number of Topliss-reactive ketones (excluding diaryl/α,β-unsaturated/α-hetero) is 1. The Bertz CT molecular complexity index is 624. The molecule has 1 aliphatic rings. The Hall–Kier alpha value is -0.840. The third kappa shape index (κ3) is 4.59. The molecule has 23 heavy (non-hydrogen) atoms. The summed E-state index contributed by atoms with van der Waals surface area (Å²) in [4.78, 5) is 15.4. The molecular weight excluding hydrogens is 422 g/mol. The molecule has 6 heteroatoms. The van der Waals surface area contributed by atoms with Crippen molar-refractivity contribution in [3.63, 3.8) is 0 Å². The molecule has 0 amide bonds. The number of ketones is 1. The molecular formula is C17H21Br2N3O. The second-order valence-electron chi connectivity index (χ2n) is 6.64. The van der Waals surface area contributed by atoms with Crippen molar-refractivity contribution in [3.8, 4) is 0 Å². The van der Waals surface area contributed by atoms with E-state index >= 15 is 0 Å². The van der Waals surface area contributed by atoms with E-state index in [9.17, 15) is 4.79 Å². The van der Waals surface area contributed by atoms with E-state index in [2.05, 4.69) is 41.9 Å². The molecule has 1 aliphatic carbocycles. The number of hydrogen-bond acceptors (Lipinski definition) is 2. The highest BCUT2D eigenvalue weighted by Gasteiger charge is 2.42. The van der Waals surface area contributed by atoms with Crippen LogP contribution in [0, 0.1) is 5.41 Å². The van der Waals surface area contributed by atoms with Crippen LogP contribution < -0.4 is 0 Å². The molecule has 0 aromatic heterocycles. The minimum atomic E-state index is -0.484. The third-order valence-corrected chi connectivity index (χ3v) is 6.01. The summed E-state index contributed by atoms with van der Waals surface area (Å²) in [6, 6.07) is 8.01. The molecule has 0 aliphatic heterocycles. The highest BCUT2D eigenvalue weighted by Crippen LogP contribution is 2.51. The maximum Gasteiger partial charge on any atom is 0.153 e. The Morgan fingerprint density at radius 2 is 2.22 bits per heavy atom. The third-order valence-electron chi connectivity index (χ3n) is 5.01. The van der Waals surface area contributed by atoms with Crippen molar-refractivity contribution in [2.75, 3.05) is 11.9 Å². The summed E-state index contributed by atoms with van der Waals surface area (Å²) in [5.41, 5.74) is 9.26. The van der Waals surface area contributed by atoms with Gasteiger partial charge in [0.05, 0.1) is 10.7 Å². The minimum Gasteiger partial charge on any atom is -0.298 e. The molecule has 1 aromatic carbocycles. The number of carbonyl (C=O) groups is 1. The number of alkyl halides is 1. The van der Waals surface area contributed by atoms with Gasteiger partial charge in [0, 0.05) is 15.9 Å². The molecule has 1 atom stereocenters. The van der Waals surface area contributed by atoms with Crippen LogP contribution in [0.25, 0.3) is 10.4 Å². The summed E-state index contributed by atoms with van der Waals surface area (Å²) >= 11 is 6.82. The lowest BCUT2D eigenvalue weighted by atomic mass is 9.74. The van der Waals surface area contributed by atoms with E-state index in [0.717, 1.165) is 42.1 Å². The van der Waals surface area contributed by atoms with Gasteiger partial charge in [-0.25, -0.2) is 0 Å². The molecule has 0 heterocycles. The van der Waals surface area contributed by atoms with Gasteiger partial charge in [0.1, 0.15) is 0 Å². The molecule has 1 aromatic rings. The fraction of sp³-hybridized carbons (Fsp3) is 0.588. The van der Waals surface area contributed by atoms with E-state index in [-0.39, 0.29) is 11.2 Å². The first-order chi connectivity index (χ1) is 11.0.